The molecule has 0 aliphatic carbocycles. The lowest BCUT2D eigenvalue weighted by Gasteiger charge is -2.28. The Kier molecular flexibility index (Phi) is 7.52. The molecule has 0 saturated heterocycles. The molecular formula is C27H31N3O4. The largest absolute Gasteiger partial charge is 0.424 e. The number of rotatable bonds is 7. The molecule has 0 radical (unpaired) electrons. The number of hydrogen-bond donors (Lipinski definition) is 0. The minimum absolute atomic E-state index is 0.403. The van der Waals surface area contributed by atoms with Crippen LogP contribution in [0.25, 0.3) is 0 Å². The van der Waals surface area contributed by atoms with E-state index in [0.29, 0.717) is 18.5 Å². The van der Waals surface area contributed by atoms with Gasteiger partial charge in [0.1, 0.15) is 0 Å². The number of carbonyl (C=O) groups is 2. The van der Waals surface area contributed by atoms with Crippen LogP contribution in [0.5, 0.6) is 0 Å². The van der Waals surface area contributed by atoms with Crippen molar-refractivity contribution in [3.8, 4) is 0 Å². The second kappa shape index (κ2) is 10.9. The first-order valence-electron chi connectivity index (χ1n) is 11.6. The van der Waals surface area contributed by atoms with E-state index in [1.165, 1.54) is 27.4 Å². The number of amides is 1. The topological polar surface area (TPSA) is 62.3 Å². The fourth-order valence-corrected chi connectivity index (χ4v) is 4.33. The van der Waals surface area contributed by atoms with Gasteiger partial charge in [-0.25, -0.2) is 9.59 Å². The Hall–Kier alpha value is -3.74. The van der Waals surface area contributed by atoms with Crippen LogP contribution in [-0.2, 0) is 27.1 Å². The zero-order valence-corrected chi connectivity index (χ0v) is 19.8. The predicted octanol–water partition coefficient (Wildman–Crippen LogP) is 4.62. The molecule has 34 heavy (non-hydrogen) atoms. The minimum atomic E-state index is -0.515. The van der Waals surface area contributed by atoms with Crippen molar-refractivity contribution in [2.45, 2.75) is 25.7 Å². The monoisotopic (exact) mass is 461 g/mol. The second-order valence-electron chi connectivity index (χ2n) is 8.55. The Labute approximate surface area is 200 Å². The van der Waals surface area contributed by atoms with E-state index < -0.39 is 18.9 Å². The van der Waals surface area contributed by atoms with Crippen LogP contribution in [0.1, 0.15) is 24.0 Å². The number of fused-ring (bicyclic) bond motifs is 2. The summed E-state index contributed by atoms with van der Waals surface area (Å²) in [6, 6.07) is 17.0. The minimum Gasteiger partial charge on any atom is -0.424 e. The summed E-state index contributed by atoms with van der Waals surface area (Å²) >= 11 is 0. The Morgan fingerprint density at radius 2 is 1.62 bits per heavy atom. The standard InChI is InChI=1S/C27H31N3O4/c1-28-16-7-11-23(19-28)26(31)33-20-34-27(32)29(2)17-8-18-30-24-12-5-3-9-21(24)14-15-22-10-4-6-13-25(22)30/h3-7,9-10,12-13,16,19H,8,11,14-15,17-18,20H2,1-2H3. The summed E-state index contributed by atoms with van der Waals surface area (Å²) in [6.07, 6.45) is 8.22. The van der Waals surface area contributed by atoms with Crippen LogP contribution >= 0.6 is 0 Å². The van der Waals surface area contributed by atoms with Crippen molar-refractivity contribution in [2.75, 3.05) is 38.9 Å². The van der Waals surface area contributed by atoms with Crippen molar-refractivity contribution in [2.24, 2.45) is 0 Å². The van der Waals surface area contributed by atoms with Gasteiger partial charge in [0.2, 0.25) is 6.79 Å². The lowest BCUT2D eigenvalue weighted by atomic mass is 10.0. The van der Waals surface area contributed by atoms with Gasteiger partial charge in [-0.15, -0.1) is 0 Å². The first kappa shape index (κ1) is 23.4. The average molecular weight is 462 g/mol. The van der Waals surface area contributed by atoms with Crippen LogP contribution in [0.2, 0.25) is 0 Å². The fraction of sp³-hybridized carbons (Fsp3) is 0.333. The predicted molar refractivity (Wildman–Crippen MR) is 132 cm³/mol. The van der Waals surface area contributed by atoms with Gasteiger partial charge in [-0.3, -0.25) is 0 Å². The number of hydrogen-bond acceptors (Lipinski definition) is 6. The van der Waals surface area contributed by atoms with Crippen LogP contribution in [0, 0.1) is 0 Å². The number of aryl methyl sites for hydroxylation is 2. The molecule has 7 nitrogen and oxygen atoms in total. The summed E-state index contributed by atoms with van der Waals surface area (Å²) < 4.78 is 10.2. The Morgan fingerprint density at radius 1 is 0.971 bits per heavy atom. The van der Waals surface area contributed by atoms with Crippen LogP contribution in [-0.4, -0.2) is 55.8 Å². The first-order valence-corrected chi connectivity index (χ1v) is 11.6. The van der Waals surface area contributed by atoms with Crippen molar-refractivity contribution in [1.82, 2.24) is 9.80 Å². The number of ether oxygens (including phenoxy) is 2. The molecule has 1 amide bonds. The van der Waals surface area contributed by atoms with E-state index in [0.717, 1.165) is 25.8 Å². The number of anilines is 2. The number of allylic oxidation sites excluding steroid dienone is 1. The summed E-state index contributed by atoms with van der Waals surface area (Å²) in [7, 11) is 3.53. The highest BCUT2D eigenvalue weighted by atomic mass is 16.7. The van der Waals surface area contributed by atoms with Gasteiger partial charge in [0.15, 0.2) is 0 Å². The Bertz CT molecular complexity index is 1050. The molecule has 7 heteroatoms. The molecule has 0 unspecified atom stereocenters. The lowest BCUT2D eigenvalue weighted by molar-refractivity contribution is -0.147. The van der Waals surface area contributed by atoms with Gasteiger partial charge in [0.05, 0.1) is 5.57 Å². The molecule has 0 spiro atoms. The molecule has 0 atom stereocenters. The molecule has 2 aromatic rings. The number of para-hydroxylation sites is 2. The molecular weight excluding hydrogens is 430 g/mol. The maximum atomic E-state index is 12.4. The van der Waals surface area contributed by atoms with Crippen molar-refractivity contribution in [1.29, 1.82) is 0 Å². The van der Waals surface area contributed by atoms with E-state index in [1.807, 2.05) is 19.3 Å². The third kappa shape index (κ3) is 5.60. The summed E-state index contributed by atoms with van der Waals surface area (Å²) in [4.78, 5) is 30.1. The number of esters is 1. The summed E-state index contributed by atoms with van der Waals surface area (Å²) in [5, 5.41) is 0. The maximum Gasteiger partial charge on any atom is 0.412 e. The van der Waals surface area contributed by atoms with Gasteiger partial charge in [0, 0.05) is 51.2 Å². The molecule has 178 valence electrons. The molecule has 0 saturated carbocycles. The molecule has 4 rings (SSSR count). The van der Waals surface area contributed by atoms with Gasteiger partial charge in [0.25, 0.3) is 0 Å². The smallest absolute Gasteiger partial charge is 0.412 e. The van der Waals surface area contributed by atoms with Crippen molar-refractivity contribution < 1.29 is 19.1 Å². The van der Waals surface area contributed by atoms with Gasteiger partial charge < -0.3 is 24.2 Å². The molecule has 0 fully saturated rings. The Morgan fingerprint density at radius 3 is 2.26 bits per heavy atom. The molecule has 0 bridgehead atoms. The van der Waals surface area contributed by atoms with Crippen LogP contribution < -0.4 is 4.90 Å². The van der Waals surface area contributed by atoms with Crippen LogP contribution in [0.4, 0.5) is 16.2 Å². The quantitative estimate of drug-likeness (QED) is 0.443. The van der Waals surface area contributed by atoms with E-state index in [2.05, 4.69) is 53.4 Å². The SMILES string of the molecule is CN1C=CCC(C(=O)OCOC(=O)N(C)CCCN2c3ccccc3CCc3ccccc32)=C1. The van der Waals surface area contributed by atoms with E-state index in [1.54, 1.807) is 18.1 Å². The number of carbonyl (C=O) groups excluding carboxylic acids is 2. The maximum absolute atomic E-state index is 12.4. The number of benzene rings is 2. The highest BCUT2D eigenvalue weighted by molar-refractivity contribution is 5.88. The van der Waals surface area contributed by atoms with E-state index in [4.69, 9.17) is 9.47 Å². The molecule has 2 aromatic carbocycles. The third-order valence-corrected chi connectivity index (χ3v) is 6.09. The van der Waals surface area contributed by atoms with Gasteiger partial charge in [-0.05, 0) is 48.7 Å². The fourth-order valence-electron chi connectivity index (χ4n) is 4.33. The van der Waals surface area contributed by atoms with E-state index in [9.17, 15) is 9.59 Å². The van der Waals surface area contributed by atoms with Crippen molar-refractivity contribution in [3.05, 3.63) is 83.7 Å². The average Bonchev–Trinajstić information content (AvgIpc) is 3.01. The van der Waals surface area contributed by atoms with Crippen LogP contribution in [0.3, 0.4) is 0 Å². The van der Waals surface area contributed by atoms with Gasteiger partial charge in [-0.2, -0.15) is 0 Å². The highest BCUT2D eigenvalue weighted by Crippen LogP contribution is 2.35. The summed E-state index contributed by atoms with van der Waals surface area (Å²) in [6.45, 7) is 0.893. The van der Waals surface area contributed by atoms with Gasteiger partial charge in [-0.1, -0.05) is 42.5 Å². The molecule has 2 aliphatic rings. The molecule has 0 aromatic heterocycles. The van der Waals surface area contributed by atoms with Crippen LogP contribution in [0.15, 0.2) is 72.6 Å². The zero-order valence-electron chi connectivity index (χ0n) is 19.8. The molecule has 2 aliphatic heterocycles. The Balaban J connectivity index is 1.28. The van der Waals surface area contributed by atoms with Gasteiger partial charge >= 0.3 is 12.1 Å². The zero-order chi connectivity index (χ0) is 23.9. The first-order chi connectivity index (χ1) is 16.5. The third-order valence-electron chi connectivity index (χ3n) is 6.09. The van der Waals surface area contributed by atoms with E-state index in [-0.39, 0.29) is 0 Å². The summed E-state index contributed by atoms with van der Waals surface area (Å²) in [5.41, 5.74) is 5.64. The molecule has 0 N–H and O–H groups in total. The van der Waals surface area contributed by atoms with Crippen molar-refractivity contribution in [3.63, 3.8) is 0 Å². The van der Waals surface area contributed by atoms with E-state index >= 15 is 0 Å². The lowest BCUT2D eigenvalue weighted by Crippen LogP contribution is -2.32. The summed E-state index contributed by atoms with van der Waals surface area (Å²) in [5.74, 6) is -0.481. The number of nitrogens with zero attached hydrogens (tertiary/aromatic N) is 3. The molecule has 2 heterocycles. The van der Waals surface area contributed by atoms with Crippen molar-refractivity contribution >= 4 is 23.4 Å². The normalized spacial score (nSPS) is 14.5. The second-order valence-corrected chi connectivity index (χ2v) is 8.55. The highest BCUT2D eigenvalue weighted by Gasteiger charge is 2.20.